The molecule has 0 atom stereocenters. The van der Waals surface area contributed by atoms with Crippen LogP contribution < -0.4 is 5.32 Å². The molecular formula is C16H20N2O3. The maximum Gasteiger partial charge on any atom is 0.331 e. The molecule has 0 radical (unpaired) electrons. The average molecular weight is 288 g/mol. The predicted molar refractivity (Wildman–Crippen MR) is 79.2 cm³/mol. The largest absolute Gasteiger partial charge is 0.467 e. The molecule has 5 heteroatoms. The maximum atomic E-state index is 12.1. The van der Waals surface area contributed by atoms with Crippen molar-refractivity contribution >= 4 is 18.0 Å². The minimum absolute atomic E-state index is 0.298. The molecule has 1 saturated carbocycles. The van der Waals surface area contributed by atoms with Crippen molar-refractivity contribution in [2.75, 3.05) is 7.11 Å². The summed E-state index contributed by atoms with van der Waals surface area (Å²) in [6, 6.07) is 5.47. The second-order valence-corrected chi connectivity index (χ2v) is 5.21. The molecule has 1 aliphatic carbocycles. The monoisotopic (exact) mass is 288 g/mol. The van der Waals surface area contributed by atoms with E-state index in [0.29, 0.717) is 18.5 Å². The van der Waals surface area contributed by atoms with Crippen molar-refractivity contribution in [2.45, 2.75) is 37.6 Å². The zero-order chi connectivity index (χ0) is 15.1. The number of pyridine rings is 1. The highest BCUT2D eigenvalue weighted by Gasteiger charge is 2.41. The molecule has 112 valence electrons. The Balaban J connectivity index is 2.05. The lowest BCUT2D eigenvalue weighted by molar-refractivity contribution is -0.152. The summed E-state index contributed by atoms with van der Waals surface area (Å²) in [7, 11) is 1.36. The average Bonchev–Trinajstić information content (AvgIpc) is 2.54. The number of methoxy groups -OCH3 is 1. The van der Waals surface area contributed by atoms with Crippen molar-refractivity contribution in [3.05, 3.63) is 36.2 Å². The van der Waals surface area contributed by atoms with E-state index in [1.165, 1.54) is 13.2 Å². The number of nitrogens with one attached hydrogen (secondary N) is 1. The van der Waals surface area contributed by atoms with Crippen molar-refractivity contribution in [2.24, 2.45) is 0 Å². The van der Waals surface area contributed by atoms with Crippen molar-refractivity contribution in [1.29, 1.82) is 0 Å². The Hall–Kier alpha value is -2.17. The first-order chi connectivity index (χ1) is 10.2. The number of carbonyl (C=O) groups excluding carboxylic acids is 2. The van der Waals surface area contributed by atoms with Crippen LogP contribution in [-0.4, -0.2) is 29.5 Å². The Morgan fingerprint density at radius 1 is 1.29 bits per heavy atom. The number of amides is 1. The van der Waals surface area contributed by atoms with Crippen molar-refractivity contribution in [3.63, 3.8) is 0 Å². The molecule has 0 aromatic carbocycles. The van der Waals surface area contributed by atoms with Crippen molar-refractivity contribution < 1.29 is 14.3 Å². The van der Waals surface area contributed by atoms with Gasteiger partial charge < -0.3 is 10.1 Å². The highest BCUT2D eigenvalue weighted by Crippen LogP contribution is 2.29. The maximum absolute atomic E-state index is 12.1. The van der Waals surface area contributed by atoms with Crippen LogP contribution in [-0.2, 0) is 14.3 Å². The molecule has 1 aromatic rings. The third-order valence-electron chi connectivity index (χ3n) is 3.74. The molecule has 1 amide bonds. The molecule has 0 spiro atoms. The zero-order valence-corrected chi connectivity index (χ0v) is 12.2. The first-order valence-corrected chi connectivity index (χ1v) is 7.16. The van der Waals surface area contributed by atoms with E-state index in [9.17, 15) is 9.59 Å². The number of carbonyl (C=O) groups is 2. The third kappa shape index (κ3) is 3.90. The quantitative estimate of drug-likeness (QED) is 0.680. The second kappa shape index (κ2) is 7.02. The fourth-order valence-corrected chi connectivity index (χ4v) is 2.64. The lowest BCUT2D eigenvalue weighted by atomic mass is 9.81. The minimum Gasteiger partial charge on any atom is -0.467 e. The topological polar surface area (TPSA) is 68.3 Å². The molecule has 1 fully saturated rings. The van der Waals surface area contributed by atoms with Crippen LogP contribution in [0, 0.1) is 0 Å². The number of esters is 1. The molecule has 1 aliphatic rings. The fourth-order valence-electron chi connectivity index (χ4n) is 2.64. The number of nitrogens with zero attached hydrogens (tertiary/aromatic N) is 1. The fraction of sp³-hybridized carbons (Fsp3) is 0.438. The molecule has 0 bridgehead atoms. The van der Waals surface area contributed by atoms with Crippen LogP contribution in [0.25, 0.3) is 6.08 Å². The Morgan fingerprint density at radius 3 is 2.67 bits per heavy atom. The Labute approximate surface area is 124 Å². The third-order valence-corrected chi connectivity index (χ3v) is 3.74. The van der Waals surface area contributed by atoms with Gasteiger partial charge in [-0.25, -0.2) is 4.79 Å². The zero-order valence-electron chi connectivity index (χ0n) is 12.2. The smallest absolute Gasteiger partial charge is 0.331 e. The summed E-state index contributed by atoms with van der Waals surface area (Å²) >= 11 is 0. The van der Waals surface area contributed by atoms with Gasteiger partial charge in [0.25, 0.3) is 0 Å². The highest BCUT2D eigenvalue weighted by atomic mass is 16.5. The summed E-state index contributed by atoms with van der Waals surface area (Å²) in [6.07, 6.45) is 8.86. The summed E-state index contributed by atoms with van der Waals surface area (Å²) in [4.78, 5) is 28.2. The van der Waals surface area contributed by atoms with Crippen LogP contribution >= 0.6 is 0 Å². The van der Waals surface area contributed by atoms with Crippen LogP contribution in [0.1, 0.15) is 37.8 Å². The van der Waals surface area contributed by atoms with Crippen LogP contribution in [0.5, 0.6) is 0 Å². The summed E-state index contributed by atoms with van der Waals surface area (Å²) in [5, 5.41) is 2.83. The lowest BCUT2D eigenvalue weighted by Gasteiger charge is -2.34. The molecule has 1 heterocycles. The lowest BCUT2D eigenvalue weighted by Crippen LogP contribution is -2.55. The van der Waals surface area contributed by atoms with Crippen LogP contribution in [0.15, 0.2) is 30.5 Å². The molecule has 1 aromatic heterocycles. The van der Waals surface area contributed by atoms with Gasteiger partial charge in [0.05, 0.1) is 12.8 Å². The minimum atomic E-state index is -0.876. The highest BCUT2D eigenvalue weighted by molar-refractivity contribution is 5.96. The van der Waals surface area contributed by atoms with Crippen LogP contribution in [0.2, 0.25) is 0 Å². The number of ether oxygens (including phenoxy) is 1. The molecule has 0 unspecified atom stereocenters. The second-order valence-electron chi connectivity index (χ2n) is 5.21. The summed E-state index contributed by atoms with van der Waals surface area (Å²) < 4.78 is 4.87. The van der Waals surface area contributed by atoms with Gasteiger partial charge in [-0.05, 0) is 31.1 Å². The van der Waals surface area contributed by atoms with E-state index in [1.54, 1.807) is 18.3 Å². The number of hydrogen-bond donors (Lipinski definition) is 1. The normalized spacial score (nSPS) is 17.4. The number of rotatable bonds is 4. The first-order valence-electron chi connectivity index (χ1n) is 7.16. The molecule has 0 saturated heterocycles. The number of hydrogen-bond acceptors (Lipinski definition) is 4. The standard InChI is InChI=1S/C16H20N2O3/c1-21-15(20)16(10-4-2-5-11-16)18-14(19)9-8-13-7-3-6-12-17-13/h3,6-9,12H,2,4-5,10-11H2,1H3,(H,18,19)/b9-8+. The van der Waals surface area contributed by atoms with Gasteiger partial charge in [-0.3, -0.25) is 9.78 Å². The van der Waals surface area contributed by atoms with E-state index < -0.39 is 5.54 Å². The molecule has 2 rings (SSSR count). The van der Waals surface area contributed by atoms with Gasteiger partial charge in [0, 0.05) is 12.3 Å². The van der Waals surface area contributed by atoms with Crippen LogP contribution in [0.3, 0.4) is 0 Å². The van der Waals surface area contributed by atoms with E-state index in [1.807, 2.05) is 12.1 Å². The Kier molecular flexibility index (Phi) is 5.09. The van der Waals surface area contributed by atoms with E-state index in [2.05, 4.69) is 10.3 Å². The predicted octanol–water partition coefficient (Wildman–Crippen LogP) is 2.09. The van der Waals surface area contributed by atoms with Gasteiger partial charge in [-0.1, -0.05) is 25.3 Å². The van der Waals surface area contributed by atoms with Gasteiger partial charge in [0.1, 0.15) is 5.54 Å². The Bertz CT molecular complexity index is 520. The van der Waals surface area contributed by atoms with Gasteiger partial charge in [0.15, 0.2) is 0 Å². The summed E-state index contributed by atoms with van der Waals surface area (Å²) in [5.74, 6) is -0.658. The van der Waals surface area contributed by atoms with Crippen molar-refractivity contribution in [3.8, 4) is 0 Å². The van der Waals surface area contributed by atoms with Gasteiger partial charge in [-0.15, -0.1) is 0 Å². The molecule has 21 heavy (non-hydrogen) atoms. The molecule has 0 aliphatic heterocycles. The molecular weight excluding hydrogens is 268 g/mol. The van der Waals surface area contributed by atoms with Gasteiger partial charge in [0.2, 0.25) is 5.91 Å². The first kappa shape index (κ1) is 15.2. The van der Waals surface area contributed by atoms with E-state index >= 15 is 0 Å². The number of aromatic nitrogens is 1. The SMILES string of the molecule is COC(=O)C1(NC(=O)/C=C/c2ccccn2)CCCCC1. The summed E-state index contributed by atoms with van der Waals surface area (Å²) in [5.41, 5.74) is -0.179. The van der Waals surface area contributed by atoms with Gasteiger partial charge in [-0.2, -0.15) is 0 Å². The Morgan fingerprint density at radius 2 is 2.05 bits per heavy atom. The van der Waals surface area contributed by atoms with E-state index in [-0.39, 0.29) is 11.9 Å². The van der Waals surface area contributed by atoms with E-state index in [4.69, 9.17) is 4.74 Å². The van der Waals surface area contributed by atoms with Gasteiger partial charge >= 0.3 is 5.97 Å². The molecule has 1 N–H and O–H groups in total. The van der Waals surface area contributed by atoms with Crippen molar-refractivity contribution in [1.82, 2.24) is 10.3 Å². The summed E-state index contributed by atoms with van der Waals surface area (Å²) in [6.45, 7) is 0. The van der Waals surface area contributed by atoms with Crippen LogP contribution in [0.4, 0.5) is 0 Å². The van der Waals surface area contributed by atoms with E-state index in [0.717, 1.165) is 19.3 Å². The molecule has 5 nitrogen and oxygen atoms in total.